The van der Waals surface area contributed by atoms with E-state index in [-0.39, 0.29) is 29.9 Å². The van der Waals surface area contributed by atoms with Gasteiger partial charge in [0.15, 0.2) is 5.96 Å². The molecule has 7 heteroatoms. The molecule has 6 nitrogen and oxygen atoms in total. The number of guanidine groups is 1. The van der Waals surface area contributed by atoms with Crippen LogP contribution in [0, 0.1) is 0 Å². The molecular weight excluding hydrogens is 479 g/mol. The van der Waals surface area contributed by atoms with Gasteiger partial charge in [-0.05, 0) is 37.0 Å². The molecule has 1 saturated carbocycles. The highest BCUT2D eigenvalue weighted by molar-refractivity contribution is 14.0. The standard InChI is InChI=1S/C22H36N4O2.HI/c1-3-8-21(27)26-19-13-11-18(12-14-19)17-25-22(23-2)24-15-16-28-20-9-6-4-5-7-10-20;/h11-14,20H,3-10,15-17H2,1-2H3,(H,26,27)(H2,23,24,25);1H. The number of carbonyl (C=O) groups is 1. The number of rotatable bonds is 9. The SMILES string of the molecule is CCCC(=O)Nc1ccc(CNC(=NC)NCCOC2CCCCCC2)cc1.I. The Labute approximate surface area is 192 Å². The molecule has 0 saturated heterocycles. The topological polar surface area (TPSA) is 74.8 Å². The lowest BCUT2D eigenvalue weighted by molar-refractivity contribution is -0.116. The summed E-state index contributed by atoms with van der Waals surface area (Å²) in [7, 11) is 1.77. The minimum atomic E-state index is 0. The number of halogens is 1. The van der Waals surface area contributed by atoms with Crippen molar-refractivity contribution in [2.45, 2.75) is 70.9 Å². The van der Waals surface area contributed by atoms with Crippen molar-refractivity contribution in [3.8, 4) is 0 Å². The van der Waals surface area contributed by atoms with E-state index in [9.17, 15) is 4.79 Å². The summed E-state index contributed by atoms with van der Waals surface area (Å²) in [6.45, 7) is 4.13. The quantitative estimate of drug-likeness (QED) is 0.149. The van der Waals surface area contributed by atoms with Crippen LogP contribution in [0.5, 0.6) is 0 Å². The first-order valence-corrected chi connectivity index (χ1v) is 10.7. The number of aliphatic imine (C=N–C) groups is 1. The van der Waals surface area contributed by atoms with Crippen molar-refractivity contribution >= 4 is 41.5 Å². The summed E-state index contributed by atoms with van der Waals surface area (Å²) in [5.74, 6) is 0.828. The summed E-state index contributed by atoms with van der Waals surface area (Å²) < 4.78 is 6.00. The number of nitrogens with zero attached hydrogens (tertiary/aromatic N) is 1. The lowest BCUT2D eigenvalue weighted by Gasteiger charge is -2.17. The first kappa shape index (κ1) is 25.7. The highest BCUT2D eigenvalue weighted by Crippen LogP contribution is 2.19. The number of amides is 1. The normalized spacial score (nSPS) is 15.2. The molecule has 164 valence electrons. The van der Waals surface area contributed by atoms with Crippen molar-refractivity contribution in [1.82, 2.24) is 10.6 Å². The molecule has 1 aromatic carbocycles. The van der Waals surface area contributed by atoms with E-state index < -0.39 is 0 Å². The van der Waals surface area contributed by atoms with Crippen LogP contribution >= 0.6 is 24.0 Å². The lowest BCUT2D eigenvalue weighted by Crippen LogP contribution is -2.38. The van der Waals surface area contributed by atoms with Crippen LogP contribution in [0.1, 0.15) is 63.9 Å². The number of hydrogen-bond donors (Lipinski definition) is 3. The van der Waals surface area contributed by atoms with E-state index in [2.05, 4.69) is 20.9 Å². The summed E-state index contributed by atoms with van der Waals surface area (Å²) in [6, 6.07) is 7.89. The second-order valence-corrected chi connectivity index (χ2v) is 7.33. The number of ether oxygens (including phenoxy) is 1. The van der Waals surface area contributed by atoms with Crippen molar-refractivity contribution in [3.63, 3.8) is 0 Å². The molecule has 0 aromatic heterocycles. The molecule has 0 bridgehead atoms. The molecule has 1 aliphatic carbocycles. The molecule has 0 aliphatic heterocycles. The molecule has 0 heterocycles. The zero-order chi connectivity index (χ0) is 20.0. The maximum absolute atomic E-state index is 11.6. The fourth-order valence-corrected chi connectivity index (χ4v) is 3.37. The maximum atomic E-state index is 11.6. The van der Waals surface area contributed by atoms with Crippen LogP contribution in [0.25, 0.3) is 0 Å². The summed E-state index contributed by atoms with van der Waals surface area (Å²) in [5, 5.41) is 9.52. The second kappa shape index (κ2) is 15.5. The van der Waals surface area contributed by atoms with E-state index in [1.54, 1.807) is 7.05 Å². The predicted octanol–water partition coefficient (Wildman–Crippen LogP) is 4.45. The fraction of sp³-hybridized carbons (Fsp3) is 0.636. The Kier molecular flexibility index (Phi) is 13.7. The largest absolute Gasteiger partial charge is 0.376 e. The Balaban J connectivity index is 0.00000420. The van der Waals surface area contributed by atoms with E-state index in [0.717, 1.165) is 30.2 Å². The Morgan fingerprint density at radius 3 is 2.41 bits per heavy atom. The maximum Gasteiger partial charge on any atom is 0.224 e. The van der Waals surface area contributed by atoms with Crippen molar-refractivity contribution in [2.75, 3.05) is 25.5 Å². The number of anilines is 1. The van der Waals surface area contributed by atoms with Gasteiger partial charge in [-0.15, -0.1) is 24.0 Å². The molecule has 29 heavy (non-hydrogen) atoms. The molecule has 3 N–H and O–H groups in total. The summed E-state index contributed by atoms with van der Waals surface area (Å²) in [6.07, 6.45) is 9.51. The van der Waals surface area contributed by atoms with Crippen LogP contribution in [-0.4, -0.2) is 38.2 Å². The molecule has 0 atom stereocenters. The van der Waals surface area contributed by atoms with E-state index in [0.29, 0.717) is 25.7 Å². The van der Waals surface area contributed by atoms with Gasteiger partial charge in [0.25, 0.3) is 0 Å². The third-order valence-corrected chi connectivity index (χ3v) is 4.95. The van der Waals surface area contributed by atoms with Gasteiger partial charge in [-0.25, -0.2) is 0 Å². The van der Waals surface area contributed by atoms with Gasteiger partial charge in [0.1, 0.15) is 0 Å². The van der Waals surface area contributed by atoms with Gasteiger partial charge in [0, 0.05) is 32.2 Å². The van der Waals surface area contributed by atoms with Gasteiger partial charge in [-0.2, -0.15) is 0 Å². The molecular formula is C22H37IN4O2. The smallest absolute Gasteiger partial charge is 0.224 e. The highest BCUT2D eigenvalue weighted by atomic mass is 127. The summed E-state index contributed by atoms with van der Waals surface area (Å²) in [4.78, 5) is 15.9. The Morgan fingerprint density at radius 1 is 1.10 bits per heavy atom. The first-order chi connectivity index (χ1) is 13.7. The molecule has 1 aromatic rings. The van der Waals surface area contributed by atoms with Gasteiger partial charge in [-0.1, -0.05) is 44.7 Å². The number of benzene rings is 1. The Bertz CT molecular complexity index is 599. The highest BCUT2D eigenvalue weighted by Gasteiger charge is 2.12. The minimum absolute atomic E-state index is 0. The lowest BCUT2D eigenvalue weighted by atomic mass is 10.1. The van der Waals surface area contributed by atoms with Crippen LogP contribution in [0.4, 0.5) is 5.69 Å². The van der Waals surface area contributed by atoms with Crippen molar-refractivity contribution in [2.24, 2.45) is 4.99 Å². The van der Waals surface area contributed by atoms with Crippen molar-refractivity contribution < 1.29 is 9.53 Å². The van der Waals surface area contributed by atoms with Gasteiger partial charge < -0.3 is 20.7 Å². The Morgan fingerprint density at radius 2 is 1.79 bits per heavy atom. The molecule has 0 radical (unpaired) electrons. The molecule has 1 amide bonds. The van der Waals surface area contributed by atoms with Crippen LogP contribution in [0.2, 0.25) is 0 Å². The van der Waals surface area contributed by atoms with Gasteiger partial charge in [0.05, 0.1) is 12.7 Å². The van der Waals surface area contributed by atoms with Gasteiger partial charge in [-0.3, -0.25) is 9.79 Å². The van der Waals surface area contributed by atoms with Crippen molar-refractivity contribution in [3.05, 3.63) is 29.8 Å². The molecule has 1 aliphatic rings. The third-order valence-electron chi connectivity index (χ3n) is 4.95. The zero-order valence-electron chi connectivity index (χ0n) is 17.8. The second-order valence-electron chi connectivity index (χ2n) is 7.33. The molecule has 0 spiro atoms. The Hall–Kier alpha value is -1.35. The monoisotopic (exact) mass is 516 g/mol. The minimum Gasteiger partial charge on any atom is -0.376 e. The van der Waals surface area contributed by atoms with Gasteiger partial charge in [0.2, 0.25) is 5.91 Å². The molecule has 2 rings (SSSR count). The van der Waals surface area contributed by atoms with Crippen LogP contribution in [0.15, 0.2) is 29.3 Å². The number of hydrogen-bond acceptors (Lipinski definition) is 3. The summed E-state index contributed by atoms with van der Waals surface area (Å²) >= 11 is 0. The van der Waals surface area contributed by atoms with Crippen LogP contribution in [-0.2, 0) is 16.1 Å². The fourth-order valence-electron chi connectivity index (χ4n) is 3.37. The molecule has 0 unspecified atom stereocenters. The first-order valence-electron chi connectivity index (χ1n) is 10.7. The van der Waals surface area contributed by atoms with Crippen LogP contribution in [0.3, 0.4) is 0 Å². The van der Waals surface area contributed by atoms with E-state index in [1.807, 2.05) is 31.2 Å². The van der Waals surface area contributed by atoms with Crippen molar-refractivity contribution in [1.29, 1.82) is 0 Å². The van der Waals surface area contributed by atoms with Crippen LogP contribution < -0.4 is 16.0 Å². The third kappa shape index (κ3) is 10.8. The predicted molar refractivity (Wildman–Crippen MR) is 131 cm³/mol. The number of nitrogens with one attached hydrogen (secondary N) is 3. The summed E-state index contributed by atoms with van der Waals surface area (Å²) in [5.41, 5.74) is 1.96. The number of carbonyl (C=O) groups excluding carboxylic acids is 1. The van der Waals surface area contributed by atoms with E-state index in [1.165, 1.54) is 38.5 Å². The average Bonchev–Trinajstić information content (AvgIpc) is 2.97. The van der Waals surface area contributed by atoms with Gasteiger partial charge >= 0.3 is 0 Å². The molecule has 1 fully saturated rings. The van der Waals surface area contributed by atoms with E-state index in [4.69, 9.17) is 4.74 Å². The zero-order valence-corrected chi connectivity index (χ0v) is 20.2. The average molecular weight is 516 g/mol. The van der Waals surface area contributed by atoms with E-state index >= 15 is 0 Å².